The van der Waals surface area contributed by atoms with Gasteiger partial charge in [0.25, 0.3) is 0 Å². The maximum atomic E-state index is 13.8. The average molecular weight is 303 g/mol. The summed E-state index contributed by atoms with van der Waals surface area (Å²) in [6.07, 6.45) is 4.68. The van der Waals surface area contributed by atoms with Crippen LogP contribution in [0.25, 0.3) is 10.2 Å². The molecule has 0 saturated carbocycles. The monoisotopic (exact) mass is 303 g/mol. The molecule has 1 aliphatic rings. The van der Waals surface area contributed by atoms with Crippen LogP contribution in [0.3, 0.4) is 0 Å². The van der Waals surface area contributed by atoms with E-state index < -0.39 is 11.6 Å². The number of benzene rings is 1. The van der Waals surface area contributed by atoms with Crippen LogP contribution >= 0.6 is 11.3 Å². The summed E-state index contributed by atoms with van der Waals surface area (Å²) in [5.41, 5.74) is 1.48. The Morgan fingerprint density at radius 2 is 2.05 bits per heavy atom. The van der Waals surface area contributed by atoms with Gasteiger partial charge in [-0.1, -0.05) is 0 Å². The van der Waals surface area contributed by atoms with E-state index in [-0.39, 0.29) is 5.69 Å². The minimum absolute atomic E-state index is 0.217. The molecule has 6 heteroatoms. The number of nitrogens with zero attached hydrogens (tertiary/aromatic N) is 2. The van der Waals surface area contributed by atoms with Crippen molar-refractivity contribution >= 4 is 33.1 Å². The second-order valence-electron chi connectivity index (χ2n) is 5.01. The summed E-state index contributed by atoms with van der Waals surface area (Å²) in [6, 6.07) is 3.46. The van der Waals surface area contributed by atoms with Crippen molar-refractivity contribution in [3.8, 4) is 0 Å². The van der Waals surface area contributed by atoms with Crippen LogP contribution < -0.4 is 5.32 Å². The molecule has 1 aromatic carbocycles. The third kappa shape index (κ3) is 2.06. The predicted octanol–water partition coefficient (Wildman–Crippen LogP) is 4.20. The minimum Gasteiger partial charge on any atom is -0.337 e. The van der Waals surface area contributed by atoms with Crippen LogP contribution in [0.15, 0.2) is 24.5 Å². The molecular formula is C15H11F2N3S. The number of rotatable bonds is 2. The SMILES string of the molecule is Fc1ccc(Nc2ncnc3sc4c(c23)CCC4)c(F)c1. The lowest BCUT2D eigenvalue weighted by Crippen LogP contribution is -1.98. The molecule has 1 aliphatic carbocycles. The Hall–Kier alpha value is -2.08. The van der Waals surface area contributed by atoms with E-state index in [9.17, 15) is 8.78 Å². The Morgan fingerprint density at radius 1 is 1.14 bits per heavy atom. The van der Waals surface area contributed by atoms with Crippen molar-refractivity contribution in [1.82, 2.24) is 9.97 Å². The highest BCUT2D eigenvalue weighted by atomic mass is 32.1. The zero-order chi connectivity index (χ0) is 14.4. The Kier molecular flexibility index (Phi) is 2.85. The van der Waals surface area contributed by atoms with Crippen LogP contribution in [0.2, 0.25) is 0 Å². The molecule has 0 spiro atoms. The van der Waals surface area contributed by atoms with E-state index in [0.717, 1.165) is 35.5 Å². The van der Waals surface area contributed by atoms with E-state index >= 15 is 0 Å². The summed E-state index contributed by atoms with van der Waals surface area (Å²) in [6.45, 7) is 0. The standard InChI is InChI=1S/C15H11F2N3S/c16-8-4-5-11(10(17)6-8)20-14-13-9-2-1-3-12(9)21-15(13)19-7-18-14/h4-7H,1-3H2,(H,18,19,20). The molecular weight excluding hydrogens is 292 g/mol. The number of nitrogens with one attached hydrogen (secondary N) is 1. The number of hydrogen-bond acceptors (Lipinski definition) is 4. The molecule has 2 aromatic heterocycles. The van der Waals surface area contributed by atoms with Gasteiger partial charge in [0.1, 0.15) is 28.6 Å². The molecule has 0 saturated heterocycles. The molecule has 0 radical (unpaired) electrons. The normalized spacial score (nSPS) is 13.6. The molecule has 0 bridgehead atoms. The van der Waals surface area contributed by atoms with Gasteiger partial charge in [0.05, 0.1) is 11.1 Å². The first-order chi connectivity index (χ1) is 10.2. The Morgan fingerprint density at radius 3 is 2.90 bits per heavy atom. The molecule has 0 unspecified atom stereocenters. The fourth-order valence-electron chi connectivity index (χ4n) is 2.74. The molecule has 3 nitrogen and oxygen atoms in total. The van der Waals surface area contributed by atoms with Crippen molar-refractivity contribution < 1.29 is 8.78 Å². The van der Waals surface area contributed by atoms with E-state index in [1.165, 1.54) is 28.9 Å². The van der Waals surface area contributed by atoms with Gasteiger partial charge in [0.2, 0.25) is 0 Å². The number of halogens is 2. The molecule has 0 fully saturated rings. The van der Waals surface area contributed by atoms with E-state index in [4.69, 9.17) is 0 Å². The van der Waals surface area contributed by atoms with Crippen molar-refractivity contribution in [2.24, 2.45) is 0 Å². The van der Waals surface area contributed by atoms with Crippen molar-refractivity contribution in [3.63, 3.8) is 0 Å². The van der Waals surface area contributed by atoms with E-state index in [1.54, 1.807) is 11.3 Å². The van der Waals surface area contributed by atoms with Gasteiger partial charge in [-0.15, -0.1) is 11.3 Å². The maximum absolute atomic E-state index is 13.8. The van der Waals surface area contributed by atoms with Gasteiger partial charge in [0.15, 0.2) is 0 Å². The number of aryl methyl sites for hydroxylation is 2. The largest absolute Gasteiger partial charge is 0.337 e. The fraction of sp³-hybridized carbons (Fsp3) is 0.200. The Bertz CT molecular complexity index is 844. The van der Waals surface area contributed by atoms with E-state index in [0.29, 0.717) is 5.82 Å². The first-order valence-electron chi connectivity index (χ1n) is 6.69. The third-order valence-electron chi connectivity index (χ3n) is 3.69. The summed E-state index contributed by atoms with van der Waals surface area (Å²) in [7, 11) is 0. The number of fused-ring (bicyclic) bond motifs is 3. The van der Waals surface area contributed by atoms with Crippen LogP contribution in [0, 0.1) is 11.6 Å². The van der Waals surface area contributed by atoms with Gasteiger partial charge in [-0.05, 0) is 37.0 Å². The highest BCUT2D eigenvalue weighted by Crippen LogP contribution is 2.39. The van der Waals surface area contributed by atoms with Gasteiger partial charge in [0, 0.05) is 10.9 Å². The lowest BCUT2D eigenvalue weighted by Gasteiger charge is -2.08. The smallest absolute Gasteiger partial charge is 0.149 e. The third-order valence-corrected chi connectivity index (χ3v) is 4.89. The van der Waals surface area contributed by atoms with Gasteiger partial charge >= 0.3 is 0 Å². The lowest BCUT2D eigenvalue weighted by atomic mass is 10.2. The average Bonchev–Trinajstić information content (AvgIpc) is 3.02. The lowest BCUT2D eigenvalue weighted by molar-refractivity contribution is 0.586. The van der Waals surface area contributed by atoms with Crippen molar-refractivity contribution in [3.05, 3.63) is 46.6 Å². The van der Waals surface area contributed by atoms with Gasteiger partial charge < -0.3 is 5.32 Å². The van der Waals surface area contributed by atoms with Gasteiger partial charge in [-0.3, -0.25) is 0 Å². The topological polar surface area (TPSA) is 37.8 Å². The number of thiophene rings is 1. The molecule has 3 aromatic rings. The predicted molar refractivity (Wildman–Crippen MR) is 79.1 cm³/mol. The first-order valence-corrected chi connectivity index (χ1v) is 7.51. The summed E-state index contributed by atoms with van der Waals surface area (Å²) in [5.74, 6) is -0.638. The number of anilines is 2. The zero-order valence-corrected chi connectivity index (χ0v) is 11.8. The van der Waals surface area contributed by atoms with Gasteiger partial charge in [-0.2, -0.15) is 0 Å². The molecule has 4 rings (SSSR count). The highest BCUT2D eigenvalue weighted by Gasteiger charge is 2.21. The van der Waals surface area contributed by atoms with Crippen LogP contribution in [0.5, 0.6) is 0 Å². The van der Waals surface area contributed by atoms with E-state index in [2.05, 4.69) is 15.3 Å². The molecule has 21 heavy (non-hydrogen) atoms. The molecule has 0 aliphatic heterocycles. The first kappa shape index (κ1) is 12.6. The van der Waals surface area contributed by atoms with Crippen LogP contribution in [0.1, 0.15) is 16.9 Å². The van der Waals surface area contributed by atoms with Crippen LogP contribution in [-0.2, 0) is 12.8 Å². The molecule has 1 N–H and O–H groups in total. The number of hydrogen-bond donors (Lipinski definition) is 1. The van der Waals surface area contributed by atoms with Crippen LogP contribution in [0.4, 0.5) is 20.3 Å². The molecule has 0 atom stereocenters. The van der Waals surface area contributed by atoms with Crippen molar-refractivity contribution in [2.45, 2.75) is 19.3 Å². The van der Waals surface area contributed by atoms with E-state index in [1.807, 2.05) is 0 Å². The highest BCUT2D eigenvalue weighted by molar-refractivity contribution is 7.19. The van der Waals surface area contributed by atoms with Crippen molar-refractivity contribution in [2.75, 3.05) is 5.32 Å². The maximum Gasteiger partial charge on any atom is 0.149 e. The summed E-state index contributed by atoms with van der Waals surface area (Å²) < 4.78 is 26.8. The van der Waals surface area contributed by atoms with Crippen LogP contribution in [-0.4, -0.2) is 9.97 Å². The molecule has 106 valence electrons. The fourth-order valence-corrected chi connectivity index (χ4v) is 3.97. The quantitative estimate of drug-likeness (QED) is 0.771. The minimum atomic E-state index is -0.631. The second-order valence-corrected chi connectivity index (χ2v) is 6.09. The summed E-state index contributed by atoms with van der Waals surface area (Å²) >= 11 is 1.67. The summed E-state index contributed by atoms with van der Waals surface area (Å²) in [4.78, 5) is 10.8. The van der Waals surface area contributed by atoms with Crippen molar-refractivity contribution in [1.29, 1.82) is 0 Å². The Labute approximate surface area is 123 Å². The van der Waals surface area contributed by atoms with Gasteiger partial charge in [-0.25, -0.2) is 18.7 Å². The molecule has 0 amide bonds. The zero-order valence-electron chi connectivity index (χ0n) is 11.0. The summed E-state index contributed by atoms with van der Waals surface area (Å²) in [5, 5.41) is 3.94. The molecule has 2 heterocycles. The Balaban J connectivity index is 1.83. The second kappa shape index (κ2) is 4.73. The number of aromatic nitrogens is 2.